The van der Waals surface area contributed by atoms with Crippen LogP contribution in [0.2, 0.25) is 5.02 Å². The maximum Gasteiger partial charge on any atom is 0.247 e. The number of aromatic nitrogens is 3. The molecule has 166 valence electrons. The Bertz CT molecular complexity index is 1130. The molecule has 0 bridgehead atoms. The van der Waals surface area contributed by atoms with Crippen molar-refractivity contribution in [3.05, 3.63) is 58.9 Å². The van der Waals surface area contributed by atoms with E-state index in [9.17, 15) is 9.18 Å². The summed E-state index contributed by atoms with van der Waals surface area (Å²) in [5.41, 5.74) is 1.62. The van der Waals surface area contributed by atoms with E-state index < -0.39 is 12.0 Å². The molecule has 0 radical (unpaired) electrons. The van der Waals surface area contributed by atoms with Gasteiger partial charge in [-0.2, -0.15) is 4.98 Å². The Hall–Kier alpha value is -2.71. The zero-order valence-electron chi connectivity index (χ0n) is 17.7. The van der Waals surface area contributed by atoms with Gasteiger partial charge in [-0.1, -0.05) is 67.9 Å². The highest BCUT2D eigenvalue weighted by Gasteiger charge is 2.37. The summed E-state index contributed by atoms with van der Waals surface area (Å²) in [7, 11) is 0. The van der Waals surface area contributed by atoms with Crippen LogP contribution in [-0.2, 0) is 4.79 Å². The van der Waals surface area contributed by atoms with E-state index in [-0.39, 0.29) is 28.8 Å². The molecule has 2 aromatic carbocycles. The quantitative estimate of drug-likeness (QED) is 0.321. The molecule has 1 unspecified atom stereocenters. The predicted octanol–water partition coefficient (Wildman–Crippen LogP) is 6.06. The standard InChI is InChI=1S/C23H22ClFN4O2S/c1-3-5-13-32-23-26-21-20(27-28-23)14-9-6-7-12-17(14)29(18(30)4-2)22(31-21)19-15(24)10-8-11-16(19)25/h6-12,22H,3-5,13H2,1-2H3. The van der Waals surface area contributed by atoms with E-state index in [0.29, 0.717) is 22.1 Å². The van der Waals surface area contributed by atoms with E-state index in [1.807, 2.05) is 12.1 Å². The molecule has 1 aliphatic rings. The second-order valence-electron chi connectivity index (χ2n) is 7.19. The number of carbonyl (C=O) groups excluding carboxylic acids is 1. The molecule has 0 fully saturated rings. The topological polar surface area (TPSA) is 68.2 Å². The number of halogens is 2. The molecule has 1 aliphatic heterocycles. The van der Waals surface area contributed by atoms with E-state index in [2.05, 4.69) is 22.1 Å². The van der Waals surface area contributed by atoms with Crippen LogP contribution >= 0.6 is 23.4 Å². The van der Waals surface area contributed by atoms with Crippen LogP contribution in [0.15, 0.2) is 47.6 Å². The number of benzene rings is 2. The number of hydrogen-bond donors (Lipinski definition) is 0. The molecule has 3 aromatic rings. The number of amides is 1. The van der Waals surface area contributed by atoms with Crippen molar-refractivity contribution in [3.63, 3.8) is 0 Å². The molecule has 0 spiro atoms. The van der Waals surface area contributed by atoms with Gasteiger partial charge >= 0.3 is 0 Å². The summed E-state index contributed by atoms with van der Waals surface area (Å²) >= 11 is 7.86. The Balaban J connectivity index is 1.91. The van der Waals surface area contributed by atoms with Gasteiger partial charge in [0.25, 0.3) is 0 Å². The number of thioether (sulfide) groups is 1. The molecular weight excluding hydrogens is 451 g/mol. The number of para-hydroxylation sites is 1. The van der Waals surface area contributed by atoms with Gasteiger partial charge < -0.3 is 4.74 Å². The Kier molecular flexibility index (Phi) is 6.91. The van der Waals surface area contributed by atoms with Crippen molar-refractivity contribution in [3.8, 4) is 17.1 Å². The second-order valence-corrected chi connectivity index (χ2v) is 8.66. The minimum atomic E-state index is -1.15. The smallest absolute Gasteiger partial charge is 0.247 e. The Morgan fingerprint density at radius 1 is 1.19 bits per heavy atom. The van der Waals surface area contributed by atoms with E-state index >= 15 is 0 Å². The summed E-state index contributed by atoms with van der Waals surface area (Å²) in [6.45, 7) is 3.85. The zero-order valence-corrected chi connectivity index (χ0v) is 19.3. The minimum absolute atomic E-state index is 0.0671. The van der Waals surface area contributed by atoms with E-state index in [4.69, 9.17) is 16.3 Å². The fraction of sp³-hybridized carbons (Fsp3) is 0.304. The molecule has 9 heteroatoms. The lowest BCUT2D eigenvalue weighted by atomic mass is 10.1. The molecular formula is C23H22ClFN4O2S. The number of anilines is 1. The van der Waals surface area contributed by atoms with E-state index in [0.717, 1.165) is 18.6 Å². The third-order valence-corrected chi connectivity index (χ3v) is 6.31. The summed E-state index contributed by atoms with van der Waals surface area (Å²) in [6.07, 6.45) is 1.11. The predicted molar refractivity (Wildman–Crippen MR) is 123 cm³/mol. The monoisotopic (exact) mass is 472 g/mol. The SMILES string of the molecule is CCCCSc1nnc2c(n1)OC(c1c(F)cccc1Cl)N(C(=O)CC)c1ccccc1-2. The van der Waals surface area contributed by atoms with Crippen molar-refractivity contribution in [2.75, 3.05) is 10.7 Å². The van der Waals surface area contributed by atoms with Gasteiger partial charge in [0.15, 0.2) is 5.69 Å². The van der Waals surface area contributed by atoms with Gasteiger partial charge in [-0.3, -0.25) is 9.69 Å². The van der Waals surface area contributed by atoms with Crippen LogP contribution < -0.4 is 9.64 Å². The second kappa shape index (κ2) is 9.83. The number of carbonyl (C=O) groups is 1. The molecule has 32 heavy (non-hydrogen) atoms. The number of nitrogens with zero attached hydrogens (tertiary/aromatic N) is 4. The summed E-state index contributed by atoms with van der Waals surface area (Å²) in [5, 5.41) is 9.23. The van der Waals surface area contributed by atoms with Crippen molar-refractivity contribution >= 4 is 35.0 Å². The van der Waals surface area contributed by atoms with Crippen LogP contribution in [-0.4, -0.2) is 26.8 Å². The summed E-state index contributed by atoms with van der Waals surface area (Å²) in [4.78, 5) is 19.1. The van der Waals surface area contributed by atoms with E-state index in [1.54, 1.807) is 25.1 Å². The van der Waals surface area contributed by atoms with Gasteiger partial charge in [-0.25, -0.2) is 4.39 Å². The van der Waals surface area contributed by atoms with E-state index in [1.165, 1.54) is 28.8 Å². The highest BCUT2D eigenvalue weighted by atomic mass is 35.5. The summed E-state index contributed by atoms with van der Waals surface area (Å²) in [5.74, 6) is 0.204. The third-order valence-electron chi connectivity index (χ3n) is 5.06. The molecule has 4 rings (SSSR count). The minimum Gasteiger partial charge on any atom is -0.447 e. The summed E-state index contributed by atoms with van der Waals surface area (Å²) < 4.78 is 21.2. The number of unbranched alkanes of at least 4 members (excludes halogenated alkanes) is 1. The van der Waals surface area contributed by atoms with Crippen LogP contribution in [0.4, 0.5) is 10.1 Å². The molecule has 1 amide bonds. The first-order chi connectivity index (χ1) is 15.5. The largest absolute Gasteiger partial charge is 0.447 e. The van der Waals surface area contributed by atoms with Gasteiger partial charge in [-0.15, -0.1) is 10.2 Å². The van der Waals surface area contributed by atoms with Crippen molar-refractivity contribution in [1.82, 2.24) is 15.2 Å². The van der Waals surface area contributed by atoms with Gasteiger partial charge in [0, 0.05) is 17.7 Å². The fourth-order valence-electron chi connectivity index (χ4n) is 3.46. The Labute approximate surface area is 195 Å². The van der Waals surface area contributed by atoms with Gasteiger partial charge in [0.2, 0.25) is 23.2 Å². The first-order valence-electron chi connectivity index (χ1n) is 10.4. The average Bonchev–Trinajstić information content (AvgIpc) is 2.93. The van der Waals surface area contributed by atoms with Crippen molar-refractivity contribution in [2.45, 2.75) is 44.5 Å². The fourth-order valence-corrected chi connectivity index (χ4v) is 4.57. The maximum absolute atomic E-state index is 15.0. The molecule has 1 aromatic heterocycles. The van der Waals surface area contributed by atoms with Crippen LogP contribution in [0.25, 0.3) is 11.3 Å². The number of rotatable bonds is 6. The van der Waals surface area contributed by atoms with Crippen LogP contribution in [0.5, 0.6) is 5.88 Å². The molecule has 0 saturated carbocycles. The molecule has 0 saturated heterocycles. The molecule has 6 nitrogen and oxygen atoms in total. The number of fused-ring (bicyclic) bond motifs is 3. The molecule has 1 atom stereocenters. The van der Waals surface area contributed by atoms with Gasteiger partial charge in [-0.05, 0) is 24.6 Å². The van der Waals surface area contributed by atoms with Gasteiger partial charge in [0.1, 0.15) is 5.82 Å². The number of hydrogen-bond acceptors (Lipinski definition) is 6. The summed E-state index contributed by atoms with van der Waals surface area (Å²) in [6, 6.07) is 11.6. The van der Waals surface area contributed by atoms with Crippen molar-refractivity contribution in [2.24, 2.45) is 0 Å². The van der Waals surface area contributed by atoms with Crippen LogP contribution in [0.1, 0.15) is 44.9 Å². The first kappa shape index (κ1) is 22.5. The lowest BCUT2D eigenvalue weighted by Gasteiger charge is -2.31. The normalized spacial score (nSPS) is 14.9. The van der Waals surface area contributed by atoms with Crippen molar-refractivity contribution < 1.29 is 13.9 Å². The molecule has 2 heterocycles. The highest BCUT2D eigenvalue weighted by Crippen LogP contribution is 2.45. The number of ether oxygens (including phenoxy) is 1. The zero-order chi connectivity index (χ0) is 22.7. The lowest BCUT2D eigenvalue weighted by molar-refractivity contribution is -0.120. The Morgan fingerprint density at radius 2 is 2.00 bits per heavy atom. The van der Waals surface area contributed by atoms with Gasteiger partial charge in [0.05, 0.1) is 16.3 Å². The molecule has 0 N–H and O–H groups in total. The maximum atomic E-state index is 15.0. The van der Waals surface area contributed by atoms with Crippen LogP contribution in [0.3, 0.4) is 0 Å². The molecule has 0 aliphatic carbocycles. The van der Waals surface area contributed by atoms with Crippen molar-refractivity contribution in [1.29, 1.82) is 0 Å². The lowest BCUT2D eigenvalue weighted by Crippen LogP contribution is -2.38. The third kappa shape index (κ3) is 4.29. The Morgan fingerprint density at radius 3 is 2.75 bits per heavy atom. The van der Waals surface area contributed by atoms with Crippen LogP contribution in [0, 0.1) is 5.82 Å². The first-order valence-corrected chi connectivity index (χ1v) is 11.8. The highest BCUT2D eigenvalue weighted by molar-refractivity contribution is 7.99. The average molecular weight is 473 g/mol.